The highest BCUT2D eigenvalue weighted by atomic mass is 16.7. The second-order valence-corrected chi connectivity index (χ2v) is 11.8. The molecule has 2 aliphatic heterocycles. The number of aliphatic hydroxyl groups is 3. The van der Waals surface area contributed by atoms with Gasteiger partial charge in [-0.05, 0) is 45.6 Å². The third kappa shape index (κ3) is 8.71. The maximum atomic E-state index is 13.0. The summed E-state index contributed by atoms with van der Waals surface area (Å²) >= 11 is 0. The number of rotatable bonds is 4. The van der Waals surface area contributed by atoms with Gasteiger partial charge in [-0.25, -0.2) is 0 Å². The molecule has 0 aromatic heterocycles. The molecule has 1 fully saturated rings. The number of carbonyl (C=O) groups excluding carboxylic acids is 2. The summed E-state index contributed by atoms with van der Waals surface area (Å²) in [4.78, 5) is 25.9. The van der Waals surface area contributed by atoms with E-state index in [-0.39, 0.29) is 42.5 Å². The Bertz CT molecular complexity index is 849. The van der Waals surface area contributed by atoms with Crippen LogP contribution in [0.4, 0.5) is 0 Å². The van der Waals surface area contributed by atoms with Crippen LogP contribution in [-0.2, 0) is 23.8 Å². The van der Waals surface area contributed by atoms with Gasteiger partial charge in [0.05, 0.1) is 30.3 Å². The molecule has 0 aromatic rings. The van der Waals surface area contributed by atoms with Gasteiger partial charge in [0.15, 0.2) is 12.1 Å². The zero-order chi connectivity index (χ0) is 28.8. The molecule has 1 saturated heterocycles. The number of hydrogen-bond donors (Lipinski definition) is 3. The molecule has 0 aliphatic carbocycles. The summed E-state index contributed by atoms with van der Waals surface area (Å²) in [6, 6.07) is 0. The first kappa shape index (κ1) is 32.6. The maximum Gasteiger partial charge on any atom is 0.308 e. The number of ether oxygens (including phenoxy) is 3. The zero-order valence-electron chi connectivity index (χ0n) is 24.4. The molecule has 0 amide bonds. The number of cyclic esters (lactones) is 1. The molecule has 8 nitrogen and oxygen atoms in total. The van der Waals surface area contributed by atoms with E-state index in [4.69, 9.17) is 14.2 Å². The zero-order valence-corrected chi connectivity index (χ0v) is 24.4. The van der Waals surface area contributed by atoms with Crippen molar-refractivity contribution in [3.05, 3.63) is 23.8 Å². The lowest BCUT2D eigenvalue weighted by atomic mass is 9.79. The van der Waals surface area contributed by atoms with Crippen molar-refractivity contribution >= 4 is 11.8 Å². The first-order valence-corrected chi connectivity index (χ1v) is 14.2. The van der Waals surface area contributed by atoms with E-state index < -0.39 is 48.2 Å². The highest BCUT2D eigenvalue weighted by molar-refractivity contribution is 5.91. The third-order valence-electron chi connectivity index (χ3n) is 8.28. The van der Waals surface area contributed by atoms with Gasteiger partial charge in [-0.15, -0.1) is 0 Å². The minimum absolute atomic E-state index is 0.00922. The molecule has 8 heteroatoms. The normalized spacial score (nSPS) is 44.7. The molecule has 38 heavy (non-hydrogen) atoms. The molecule has 2 rings (SSSR count). The topological polar surface area (TPSA) is 123 Å². The van der Waals surface area contributed by atoms with Crippen LogP contribution < -0.4 is 0 Å². The fourth-order valence-corrected chi connectivity index (χ4v) is 5.66. The van der Waals surface area contributed by atoms with E-state index in [0.717, 1.165) is 5.57 Å². The molecular formula is C30H50O8. The predicted octanol–water partition coefficient (Wildman–Crippen LogP) is 4.10. The van der Waals surface area contributed by atoms with E-state index in [1.807, 2.05) is 53.7 Å². The van der Waals surface area contributed by atoms with Crippen LogP contribution in [0.25, 0.3) is 0 Å². The smallest absolute Gasteiger partial charge is 0.308 e. The summed E-state index contributed by atoms with van der Waals surface area (Å²) in [5, 5.41) is 32.2. The van der Waals surface area contributed by atoms with Crippen molar-refractivity contribution < 1.29 is 39.1 Å². The average Bonchev–Trinajstić information content (AvgIpc) is 2.84. The molecule has 2 heterocycles. The van der Waals surface area contributed by atoms with E-state index in [1.54, 1.807) is 19.9 Å². The van der Waals surface area contributed by atoms with E-state index in [1.165, 1.54) is 0 Å². The van der Waals surface area contributed by atoms with Crippen molar-refractivity contribution in [2.75, 3.05) is 0 Å². The first-order chi connectivity index (χ1) is 17.7. The molecule has 218 valence electrons. The number of aliphatic hydroxyl groups excluding tert-OH is 2. The van der Waals surface area contributed by atoms with Crippen molar-refractivity contribution in [1.29, 1.82) is 0 Å². The summed E-state index contributed by atoms with van der Waals surface area (Å²) in [6.45, 7) is 14.8. The predicted molar refractivity (Wildman–Crippen MR) is 145 cm³/mol. The molecule has 0 saturated carbocycles. The van der Waals surface area contributed by atoms with Gasteiger partial charge in [0, 0.05) is 24.2 Å². The van der Waals surface area contributed by atoms with E-state index in [9.17, 15) is 24.9 Å². The summed E-state index contributed by atoms with van der Waals surface area (Å²) in [6.07, 6.45) is 2.59. The van der Waals surface area contributed by atoms with Crippen LogP contribution in [0.2, 0.25) is 0 Å². The number of hydrogen-bond acceptors (Lipinski definition) is 8. The second kappa shape index (κ2) is 14.2. The van der Waals surface area contributed by atoms with Gasteiger partial charge in [0.1, 0.15) is 12.2 Å². The standard InChI is InChI=1S/C30H50O8/c1-9-22-14-18(4)23(31)12-11-17(3)13-19(5)25(10-2)37-26(33)15-24(32)20(6)28(22)38-27-16-30(8,35)29(34)21(7)36-27/h11-13,18-22,24-25,27-29,32,34-35H,9-10,14-16H2,1-8H3/b12-11+,17-13+. The third-order valence-corrected chi connectivity index (χ3v) is 8.28. The fourth-order valence-electron chi connectivity index (χ4n) is 5.66. The van der Waals surface area contributed by atoms with Crippen molar-refractivity contribution in [2.45, 2.75) is 130 Å². The van der Waals surface area contributed by atoms with E-state index in [2.05, 4.69) is 0 Å². The summed E-state index contributed by atoms with van der Waals surface area (Å²) in [5.41, 5.74) is -0.487. The number of ketones is 1. The average molecular weight is 539 g/mol. The van der Waals surface area contributed by atoms with Gasteiger partial charge in [0.25, 0.3) is 0 Å². The Hall–Kier alpha value is -1.58. The second-order valence-electron chi connectivity index (χ2n) is 11.8. The minimum Gasteiger partial charge on any atom is -0.462 e. The van der Waals surface area contributed by atoms with Gasteiger partial charge < -0.3 is 29.5 Å². The van der Waals surface area contributed by atoms with Crippen molar-refractivity contribution in [1.82, 2.24) is 0 Å². The molecule has 0 bridgehead atoms. The molecule has 11 unspecified atom stereocenters. The van der Waals surface area contributed by atoms with Crippen LogP contribution in [0.3, 0.4) is 0 Å². The molecule has 3 N–H and O–H groups in total. The Morgan fingerprint density at radius 1 is 1.08 bits per heavy atom. The highest BCUT2D eigenvalue weighted by Gasteiger charge is 2.45. The minimum atomic E-state index is -1.40. The summed E-state index contributed by atoms with van der Waals surface area (Å²) < 4.78 is 18.1. The lowest BCUT2D eigenvalue weighted by Gasteiger charge is -2.44. The summed E-state index contributed by atoms with van der Waals surface area (Å²) in [5.74, 6) is -1.43. The van der Waals surface area contributed by atoms with Crippen LogP contribution in [-0.4, -0.2) is 69.5 Å². The van der Waals surface area contributed by atoms with E-state index in [0.29, 0.717) is 19.3 Å². The fraction of sp³-hybridized carbons (Fsp3) is 0.800. The lowest BCUT2D eigenvalue weighted by molar-refractivity contribution is -0.294. The van der Waals surface area contributed by atoms with Crippen LogP contribution in [0.1, 0.15) is 87.5 Å². The Morgan fingerprint density at radius 2 is 1.74 bits per heavy atom. The Labute approximate surface area is 228 Å². The quantitative estimate of drug-likeness (QED) is 0.457. The Kier molecular flexibility index (Phi) is 12.2. The van der Waals surface area contributed by atoms with Gasteiger partial charge in [-0.1, -0.05) is 58.8 Å². The Balaban J connectivity index is 2.41. The van der Waals surface area contributed by atoms with Crippen LogP contribution in [0, 0.1) is 23.7 Å². The van der Waals surface area contributed by atoms with Crippen LogP contribution in [0.5, 0.6) is 0 Å². The molecule has 2 aliphatic rings. The summed E-state index contributed by atoms with van der Waals surface area (Å²) in [7, 11) is 0. The van der Waals surface area contributed by atoms with Crippen LogP contribution >= 0.6 is 0 Å². The van der Waals surface area contributed by atoms with Crippen LogP contribution in [0.15, 0.2) is 23.8 Å². The van der Waals surface area contributed by atoms with Crippen molar-refractivity contribution in [2.24, 2.45) is 23.7 Å². The van der Waals surface area contributed by atoms with Gasteiger partial charge in [-0.3, -0.25) is 9.59 Å². The number of esters is 1. The largest absolute Gasteiger partial charge is 0.462 e. The van der Waals surface area contributed by atoms with Crippen molar-refractivity contribution in [3.63, 3.8) is 0 Å². The first-order valence-electron chi connectivity index (χ1n) is 14.2. The number of allylic oxidation sites excluding steroid dienone is 3. The molecule has 11 atom stereocenters. The van der Waals surface area contributed by atoms with Gasteiger partial charge >= 0.3 is 5.97 Å². The lowest BCUT2D eigenvalue weighted by Crippen LogP contribution is -2.56. The molecule has 0 radical (unpaired) electrons. The van der Waals surface area contributed by atoms with Gasteiger partial charge in [0.2, 0.25) is 0 Å². The maximum absolute atomic E-state index is 13.0. The monoisotopic (exact) mass is 538 g/mol. The molecular weight excluding hydrogens is 488 g/mol. The highest BCUT2D eigenvalue weighted by Crippen LogP contribution is 2.35. The SMILES string of the molecule is CCC1CC(C)C(=O)/C=C/C(C)=C/C(C)C(CC)OC(=O)CC(O)C(C)C1OC1CC(C)(O)C(O)C(C)O1. The van der Waals surface area contributed by atoms with E-state index >= 15 is 0 Å². The molecule has 0 aromatic carbocycles. The Morgan fingerprint density at radius 3 is 2.32 bits per heavy atom. The van der Waals surface area contributed by atoms with Gasteiger partial charge in [-0.2, -0.15) is 0 Å². The number of carbonyl (C=O) groups is 2. The molecule has 0 spiro atoms. The van der Waals surface area contributed by atoms with Crippen molar-refractivity contribution in [3.8, 4) is 0 Å².